The number of para-hydroxylation sites is 1. The van der Waals surface area contributed by atoms with Crippen molar-refractivity contribution in [2.24, 2.45) is 5.73 Å². The van der Waals surface area contributed by atoms with E-state index in [1.54, 1.807) is 16.8 Å². The van der Waals surface area contributed by atoms with E-state index >= 15 is 8.78 Å². The molecule has 1 aliphatic heterocycles. The minimum Gasteiger partial charge on any atom is -0.351 e. The molecule has 40 heavy (non-hydrogen) atoms. The van der Waals surface area contributed by atoms with Gasteiger partial charge in [-0.1, -0.05) is 55.2 Å². The average molecular weight is 584 g/mol. The number of nitrogens with one attached hydrogen (secondary N) is 1. The largest absolute Gasteiger partial charge is 0.351 e. The zero-order valence-corrected chi connectivity index (χ0v) is 23.7. The molecule has 0 aliphatic carbocycles. The number of anilines is 1. The van der Waals surface area contributed by atoms with E-state index in [1.807, 2.05) is 24.3 Å². The Bertz CT molecular complexity index is 1580. The second-order valence-electron chi connectivity index (χ2n) is 9.82. The van der Waals surface area contributed by atoms with Crippen LogP contribution in [0.2, 0.25) is 10.0 Å². The highest BCUT2D eigenvalue weighted by Gasteiger charge is 2.30. The molecule has 2 heterocycles. The molecule has 0 unspecified atom stereocenters. The molecule has 0 bridgehead atoms. The number of aromatic nitrogens is 2. The molecule has 0 radical (unpaired) electrons. The van der Waals surface area contributed by atoms with Crippen molar-refractivity contribution in [2.45, 2.75) is 46.2 Å². The molecule has 0 saturated heterocycles. The first-order valence-electron chi connectivity index (χ1n) is 13.1. The number of amides is 2. The van der Waals surface area contributed by atoms with E-state index in [9.17, 15) is 4.79 Å². The summed E-state index contributed by atoms with van der Waals surface area (Å²) in [5.41, 5.74) is 10.9. The number of rotatable bonds is 7. The van der Waals surface area contributed by atoms with Crippen molar-refractivity contribution < 1.29 is 13.6 Å². The van der Waals surface area contributed by atoms with E-state index in [1.165, 1.54) is 0 Å². The van der Waals surface area contributed by atoms with Gasteiger partial charge in [0.15, 0.2) is 0 Å². The number of nitrogens with two attached hydrogens (primary N) is 1. The van der Waals surface area contributed by atoms with Crippen LogP contribution in [0.25, 0.3) is 16.9 Å². The third kappa shape index (κ3) is 5.44. The number of urea groups is 1. The second-order valence-corrected chi connectivity index (χ2v) is 10.7. The van der Waals surface area contributed by atoms with Gasteiger partial charge in [0.05, 0.1) is 22.8 Å². The lowest BCUT2D eigenvalue weighted by molar-refractivity contribution is 0.245. The summed E-state index contributed by atoms with van der Waals surface area (Å²) in [7, 11) is 0. The van der Waals surface area contributed by atoms with Gasteiger partial charge in [0, 0.05) is 53.3 Å². The van der Waals surface area contributed by atoms with Gasteiger partial charge in [-0.15, -0.1) is 0 Å². The normalized spacial score (nSPS) is 13.3. The number of fused-ring (bicyclic) bond motifs is 1. The first-order valence-corrected chi connectivity index (χ1v) is 13.9. The fourth-order valence-corrected chi connectivity index (χ4v) is 5.72. The minimum atomic E-state index is -0.978. The van der Waals surface area contributed by atoms with Gasteiger partial charge in [0.25, 0.3) is 0 Å². The van der Waals surface area contributed by atoms with Gasteiger partial charge in [-0.2, -0.15) is 5.10 Å². The number of benzene rings is 3. The molecule has 1 aromatic heterocycles. The summed E-state index contributed by atoms with van der Waals surface area (Å²) in [6, 6.07) is 12.5. The fourth-order valence-electron chi connectivity index (χ4n) is 5.35. The van der Waals surface area contributed by atoms with E-state index in [4.69, 9.17) is 34.0 Å². The van der Waals surface area contributed by atoms with Crippen molar-refractivity contribution in [3.8, 4) is 16.9 Å². The smallest absolute Gasteiger partial charge is 0.316 e. The molecule has 4 aromatic rings. The molecule has 0 fully saturated rings. The van der Waals surface area contributed by atoms with E-state index in [0.29, 0.717) is 41.8 Å². The predicted octanol–water partition coefficient (Wildman–Crippen LogP) is 7.30. The van der Waals surface area contributed by atoms with Gasteiger partial charge in [0.1, 0.15) is 11.6 Å². The Kier molecular flexibility index (Phi) is 8.12. The summed E-state index contributed by atoms with van der Waals surface area (Å²) in [4.78, 5) is 13.5. The van der Waals surface area contributed by atoms with Crippen LogP contribution in [0, 0.1) is 11.6 Å². The number of aryl methyl sites for hydroxylation is 2. The van der Waals surface area contributed by atoms with Crippen molar-refractivity contribution >= 4 is 34.9 Å². The van der Waals surface area contributed by atoms with Gasteiger partial charge in [-0.05, 0) is 53.8 Å². The third-order valence-electron chi connectivity index (χ3n) is 7.26. The molecule has 5 rings (SSSR count). The van der Waals surface area contributed by atoms with Crippen LogP contribution in [0.15, 0.2) is 48.5 Å². The Balaban J connectivity index is 1.68. The summed E-state index contributed by atoms with van der Waals surface area (Å²) < 4.78 is 32.7. The number of nitrogens with zero attached hydrogens (tertiary/aromatic N) is 3. The van der Waals surface area contributed by atoms with Crippen molar-refractivity contribution in [1.82, 2.24) is 14.7 Å². The number of halogens is 4. The number of carbonyl (C=O) groups is 1. The Morgan fingerprint density at radius 3 is 2.42 bits per heavy atom. The SMILES string of the molecule is CCc1cccc(CC)c1-n1nc2c(c1-c1cc(F)c(NC(N)=O)cc1F)CN(Cc1cc(Cl)ccc1Cl)CC2. The predicted molar refractivity (Wildman–Crippen MR) is 155 cm³/mol. The summed E-state index contributed by atoms with van der Waals surface area (Å²) >= 11 is 12.7. The van der Waals surface area contributed by atoms with Crippen LogP contribution in [-0.4, -0.2) is 27.3 Å². The Hall–Kier alpha value is -3.46. The van der Waals surface area contributed by atoms with Crippen molar-refractivity contribution in [3.05, 3.63) is 98.2 Å². The molecular weight excluding hydrogens is 555 g/mol. The quantitative estimate of drug-likeness (QED) is 0.240. The lowest BCUT2D eigenvalue weighted by Gasteiger charge is -2.27. The monoisotopic (exact) mass is 583 g/mol. The first kappa shape index (κ1) is 28.1. The highest BCUT2D eigenvalue weighted by atomic mass is 35.5. The molecule has 6 nitrogen and oxygen atoms in total. The number of carbonyl (C=O) groups excluding carboxylic acids is 1. The number of primary amides is 1. The summed E-state index contributed by atoms with van der Waals surface area (Å²) in [5.74, 6) is -1.49. The maximum absolute atomic E-state index is 15.8. The van der Waals surface area contributed by atoms with Gasteiger partial charge in [-0.25, -0.2) is 18.3 Å². The number of hydrogen-bond donors (Lipinski definition) is 2. The average Bonchev–Trinajstić information content (AvgIpc) is 3.29. The third-order valence-corrected chi connectivity index (χ3v) is 7.87. The first-order chi connectivity index (χ1) is 19.2. The Morgan fingerprint density at radius 2 is 1.75 bits per heavy atom. The second kappa shape index (κ2) is 11.6. The van der Waals surface area contributed by atoms with Crippen molar-refractivity contribution in [2.75, 3.05) is 11.9 Å². The van der Waals surface area contributed by atoms with E-state index in [0.717, 1.165) is 58.6 Å². The van der Waals surface area contributed by atoms with Gasteiger partial charge < -0.3 is 11.1 Å². The molecular formula is C30H29Cl2F2N5O. The van der Waals surface area contributed by atoms with Crippen LogP contribution in [-0.2, 0) is 32.4 Å². The van der Waals surface area contributed by atoms with E-state index in [2.05, 4.69) is 24.1 Å². The summed E-state index contributed by atoms with van der Waals surface area (Å²) in [6.45, 7) is 5.81. The number of hydrogen-bond acceptors (Lipinski definition) is 3. The van der Waals surface area contributed by atoms with E-state index in [-0.39, 0.29) is 11.3 Å². The Labute approximate surface area is 241 Å². The summed E-state index contributed by atoms with van der Waals surface area (Å²) in [5, 5.41) is 8.34. The fraction of sp³-hybridized carbons (Fsp3) is 0.267. The Morgan fingerprint density at radius 1 is 1.02 bits per heavy atom. The molecule has 0 spiro atoms. The lowest BCUT2D eigenvalue weighted by Crippen LogP contribution is -2.30. The molecule has 3 N–H and O–H groups in total. The molecule has 208 valence electrons. The van der Waals surface area contributed by atoms with Crippen molar-refractivity contribution in [1.29, 1.82) is 0 Å². The standard InChI is InChI=1S/C30H29Cl2F2N5O/c1-3-17-6-5-7-18(4-2)28(17)39-29(21-13-25(34)27(14-24(21)33)36-30(35)40)22-16-38(11-10-26(22)37-39)15-19-12-20(31)8-9-23(19)32/h5-9,12-14H,3-4,10-11,15-16H2,1-2H3,(H3,35,36,40). The van der Waals surface area contributed by atoms with Crippen LogP contribution in [0.3, 0.4) is 0 Å². The topological polar surface area (TPSA) is 76.2 Å². The van der Waals surface area contributed by atoms with Crippen LogP contribution >= 0.6 is 23.2 Å². The van der Waals surface area contributed by atoms with Crippen molar-refractivity contribution in [3.63, 3.8) is 0 Å². The zero-order chi connectivity index (χ0) is 28.6. The van der Waals surface area contributed by atoms with Gasteiger partial charge in [-0.3, -0.25) is 4.90 Å². The molecule has 0 saturated carbocycles. The van der Waals surface area contributed by atoms with Crippen LogP contribution in [0.5, 0.6) is 0 Å². The van der Waals surface area contributed by atoms with Gasteiger partial charge in [0.2, 0.25) is 0 Å². The zero-order valence-electron chi connectivity index (χ0n) is 22.2. The molecule has 3 aromatic carbocycles. The van der Waals surface area contributed by atoms with Crippen LogP contribution in [0.1, 0.15) is 41.8 Å². The lowest BCUT2D eigenvalue weighted by atomic mass is 9.98. The molecule has 0 atom stereocenters. The van der Waals surface area contributed by atoms with E-state index < -0.39 is 17.7 Å². The molecule has 2 amide bonds. The maximum atomic E-state index is 15.8. The van der Waals surface area contributed by atoms with Crippen LogP contribution in [0.4, 0.5) is 19.3 Å². The molecule has 10 heteroatoms. The maximum Gasteiger partial charge on any atom is 0.316 e. The molecule has 1 aliphatic rings. The van der Waals surface area contributed by atoms with Gasteiger partial charge >= 0.3 is 6.03 Å². The minimum absolute atomic E-state index is 0.0527. The highest BCUT2D eigenvalue weighted by Crippen LogP contribution is 2.38. The summed E-state index contributed by atoms with van der Waals surface area (Å²) in [6.07, 6.45) is 2.10. The highest BCUT2D eigenvalue weighted by molar-refractivity contribution is 6.33. The van der Waals surface area contributed by atoms with Crippen LogP contribution < -0.4 is 11.1 Å².